The SMILES string of the molecule is CC(C)(C)[O].[NaH]. The summed E-state index contributed by atoms with van der Waals surface area (Å²) in [5.41, 5.74) is -0.750. The molecule has 0 amide bonds. The van der Waals surface area contributed by atoms with E-state index < -0.39 is 5.60 Å². The van der Waals surface area contributed by atoms with Crippen molar-refractivity contribution in [2.45, 2.75) is 26.4 Å². The van der Waals surface area contributed by atoms with Crippen molar-refractivity contribution < 1.29 is 5.11 Å². The van der Waals surface area contributed by atoms with Crippen LogP contribution >= 0.6 is 0 Å². The third-order valence-electron chi connectivity index (χ3n) is 0. The number of hydrogen-bond donors (Lipinski definition) is 0. The van der Waals surface area contributed by atoms with Gasteiger partial charge in [0.05, 0.1) is 5.60 Å². The van der Waals surface area contributed by atoms with Crippen molar-refractivity contribution in [3.63, 3.8) is 0 Å². The summed E-state index contributed by atoms with van der Waals surface area (Å²) >= 11 is 0. The number of rotatable bonds is 0. The zero-order valence-electron chi connectivity index (χ0n) is 3.91. The summed E-state index contributed by atoms with van der Waals surface area (Å²) in [6.45, 7) is 4.90. The van der Waals surface area contributed by atoms with Crippen LogP contribution in [0.2, 0.25) is 0 Å². The molecule has 0 spiro atoms. The monoisotopic (exact) mass is 97.1 g/mol. The van der Waals surface area contributed by atoms with Crippen LogP contribution in [-0.4, -0.2) is 35.2 Å². The molecule has 1 radical (unpaired) electrons. The molecule has 0 saturated heterocycles. The van der Waals surface area contributed by atoms with Gasteiger partial charge < -0.3 is 0 Å². The Morgan fingerprint density at radius 3 is 1.17 bits per heavy atom. The van der Waals surface area contributed by atoms with E-state index in [4.69, 9.17) is 0 Å². The Hall–Kier alpha value is 0.960. The summed E-state index contributed by atoms with van der Waals surface area (Å²) < 4.78 is 0. The van der Waals surface area contributed by atoms with Crippen LogP contribution in [0.15, 0.2) is 0 Å². The molecular formula is C4H10NaO. The zero-order valence-corrected chi connectivity index (χ0v) is 3.91. The van der Waals surface area contributed by atoms with Crippen LogP contribution in [-0.2, 0) is 5.11 Å². The first-order chi connectivity index (χ1) is 2.00. The van der Waals surface area contributed by atoms with Crippen molar-refractivity contribution in [1.29, 1.82) is 0 Å². The molecule has 0 aromatic carbocycles. The van der Waals surface area contributed by atoms with Crippen molar-refractivity contribution in [3.8, 4) is 0 Å². The summed E-state index contributed by atoms with van der Waals surface area (Å²) in [5, 5.41) is 10.1. The van der Waals surface area contributed by atoms with Gasteiger partial charge in [0.1, 0.15) is 0 Å². The first kappa shape index (κ1) is 10.0. The molecule has 0 aliphatic rings. The molecule has 0 saturated carbocycles. The van der Waals surface area contributed by atoms with Gasteiger partial charge in [-0.1, -0.05) is 0 Å². The van der Waals surface area contributed by atoms with Gasteiger partial charge in [0.15, 0.2) is 0 Å². The van der Waals surface area contributed by atoms with Crippen molar-refractivity contribution in [1.82, 2.24) is 0 Å². The first-order valence-electron chi connectivity index (χ1n) is 1.70. The minimum absolute atomic E-state index is 0. The van der Waals surface area contributed by atoms with Crippen LogP contribution in [0.4, 0.5) is 0 Å². The molecule has 0 bridgehead atoms. The molecule has 0 fully saturated rings. The van der Waals surface area contributed by atoms with Crippen LogP contribution in [0.1, 0.15) is 20.8 Å². The molecule has 0 aliphatic heterocycles. The van der Waals surface area contributed by atoms with Crippen LogP contribution in [0, 0.1) is 0 Å². The van der Waals surface area contributed by atoms with E-state index in [1.54, 1.807) is 20.8 Å². The zero-order chi connectivity index (χ0) is 4.50. The maximum atomic E-state index is 10.1. The summed E-state index contributed by atoms with van der Waals surface area (Å²) in [6.07, 6.45) is 0. The summed E-state index contributed by atoms with van der Waals surface area (Å²) in [4.78, 5) is 0. The Kier molecular flexibility index (Phi) is 5.07. The number of hydrogen-bond acceptors (Lipinski definition) is 0. The van der Waals surface area contributed by atoms with Gasteiger partial charge in [-0.05, 0) is 20.8 Å². The maximum absolute atomic E-state index is 10.1. The fourth-order valence-corrected chi connectivity index (χ4v) is 0. The molecule has 0 rings (SSSR count). The van der Waals surface area contributed by atoms with E-state index in [0.29, 0.717) is 0 Å². The average Bonchev–Trinajstić information content (AvgIpc) is 0.722. The molecule has 0 atom stereocenters. The molecule has 0 aromatic rings. The normalized spacial score (nSPS) is 10.0. The van der Waals surface area contributed by atoms with E-state index in [1.807, 2.05) is 0 Å². The summed E-state index contributed by atoms with van der Waals surface area (Å²) in [7, 11) is 0. The van der Waals surface area contributed by atoms with Gasteiger partial charge in [-0.25, -0.2) is 5.11 Å². The fourth-order valence-electron chi connectivity index (χ4n) is 0. The molecule has 0 aliphatic carbocycles. The molecule has 1 nitrogen and oxygen atoms in total. The Morgan fingerprint density at radius 1 is 1.17 bits per heavy atom. The van der Waals surface area contributed by atoms with Crippen molar-refractivity contribution in [3.05, 3.63) is 0 Å². The second-order valence-electron chi connectivity index (χ2n) is 2.11. The van der Waals surface area contributed by atoms with E-state index in [-0.39, 0.29) is 29.6 Å². The molecule has 0 aromatic heterocycles. The topological polar surface area (TPSA) is 19.9 Å². The van der Waals surface area contributed by atoms with E-state index in [9.17, 15) is 5.11 Å². The third kappa shape index (κ3) is 84.4. The summed E-state index contributed by atoms with van der Waals surface area (Å²) in [5.74, 6) is 0. The Morgan fingerprint density at radius 2 is 1.17 bits per heavy atom. The van der Waals surface area contributed by atoms with E-state index >= 15 is 0 Å². The standard InChI is InChI=1S/C4H9O.Na.H/c1-4(2,3)5;;/h1-3H3;;. The van der Waals surface area contributed by atoms with Crippen LogP contribution in [0.25, 0.3) is 0 Å². The Balaban J connectivity index is 0. The Labute approximate surface area is 61.0 Å². The van der Waals surface area contributed by atoms with Gasteiger partial charge in [-0.3, -0.25) is 0 Å². The van der Waals surface area contributed by atoms with Gasteiger partial charge in [-0.15, -0.1) is 0 Å². The Bertz CT molecular complexity index is 23.0. The molecule has 33 valence electrons. The fraction of sp³-hybridized carbons (Fsp3) is 1.00. The predicted octanol–water partition coefficient (Wildman–Crippen LogP) is 0.567. The van der Waals surface area contributed by atoms with Crippen LogP contribution in [0.3, 0.4) is 0 Å². The van der Waals surface area contributed by atoms with Crippen molar-refractivity contribution >= 4 is 29.6 Å². The predicted molar refractivity (Wildman–Crippen MR) is 27.6 cm³/mol. The molecule has 2 heteroatoms. The third-order valence-corrected chi connectivity index (χ3v) is 0. The van der Waals surface area contributed by atoms with Gasteiger partial charge in [0.2, 0.25) is 0 Å². The summed E-state index contributed by atoms with van der Waals surface area (Å²) in [6, 6.07) is 0. The minimum atomic E-state index is -0.750. The van der Waals surface area contributed by atoms with Gasteiger partial charge in [0.25, 0.3) is 0 Å². The van der Waals surface area contributed by atoms with Gasteiger partial charge >= 0.3 is 29.6 Å². The van der Waals surface area contributed by atoms with Crippen molar-refractivity contribution in [2.75, 3.05) is 0 Å². The quantitative estimate of drug-likeness (QED) is 0.394. The molecule has 6 heavy (non-hydrogen) atoms. The second-order valence-corrected chi connectivity index (χ2v) is 2.11. The average molecular weight is 97.1 g/mol. The van der Waals surface area contributed by atoms with Crippen molar-refractivity contribution in [2.24, 2.45) is 0 Å². The first-order valence-corrected chi connectivity index (χ1v) is 1.70. The van der Waals surface area contributed by atoms with E-state index in [0.717, 1.165) is 0 Å². The van der Waals surface area contributed by atoms with E-state index in [1.165, 1.54) is 0 Å². The second kappa shape index (κ2) is 3.03. The molecule has 0 unspecified atom stereocenters. The molecule has 0 heterocycles. The van der Waals surface area contributed by atoms with Gasteiger partial charge in [-0.2, -0.15) is 0 Å². The van der Waals surface area contributed by atoms with Gasteiger partial charge in [0, 0.05) is 0 Å². The van der Waals surface area contributed by atoms with Crippen LogP contribution in [0.5, 0.6) is 0 Å². The van der Waals surface area contributed by atoms with E-state index in [2.05, 4.69) is 0 Å². The molecule has 0 N–H and O–H groups in total. The van der Waals surface area contributed by atoms with Crippen LogP contribution < -0.4 is 0 Å². The molecular weight excluding hydrogens is 87.0 g/mol.